The van der Waals surface area contributed by atoms with Gasteiger partial charge >= 0.3 is 11.9 Å². The van der Waals surface area contributed by atoms with Crippen LogP contribution in [0.15, 0.2) is 12.7 Å². The van der Waals surface area contributed by atoms with E-state index in [0.29, 0.717) is 25.3 Å². The van der Waals surface area contributed by atoms with Crippen LogP contribution in [0, 0.1) is 6.92 Å². The van der Waals surface area contributed by atoms with Gasteiger partial charge in [0.2, 0.25) is 5.91 Å². The van der Waals surface area contributed by atoms with Crippen LogP contribution in [0.4, 0.5) is 5.00 Å². The van der Waals surface area contributed by atoms with Crippen LogP contribution in [0.25, 0.3) is 0 Å². The van der Waals surface area contributed by atoms with Gasteiger partial charge in [-0.3, -0.25) is 9.69 Å². The highest BCUT2D eigenvalue weighted by Crippen LogP contribution is 2.34. The Hall–Kier alpha value is -2.23. The van der Waals surface area contributed by atoms with Gasteiger partial charge in [0.05, 0.1) is 31.4 Å². The zero-order chi connectivity index (χ0) is 20.7. The first-order chi connectivity index (χ1) is 13.4. The molecule has 1 aliphatic rings. The average molecular weight is 410 g/mol. The number of ether oxygens (including phenoxy) is 3. The fraction of sp³-hybridized carbons (Fsp3) is 0.526. The van der Waals surface area contributed by atoms with Crippen molar-refractivity contribution in [3.05, 3.63) is 28.7 Å². The molecule has 1 atom stereocenters. The Morgan fingerprint density at radius 2 is 2.11 bits per heavy atom. The summed E-state index contributed by atoms with van der Waals surface area (Å²) in [6.45, 7) is 11.1. The number of anilines is 1. The molecule has 0 aliphatic carbocycles. The van der Waals surface area contributed by atoms with E-state index >= 15 is 0 Å². The van der Waals surface area contributed by atoms with Crippen molar-refractivity contribution < 1.29 is 28.6 Å². The second kappa shape index (κ2) is 10.4. The summed E-state index contributed by atoms with van der Waals surface area (Å²) in [4.78, 5) is 39.4. The monoisotopic (exact) mass is 410 g/mol. The number of amides is 1. The van der Waals surface area contributed by atoms with E-state index in [9.17, 15) is 14.4 Å². The Balaban J connectivity index is 2.20. The number of morpholine rings is 1. The van der Waals surface area contributed by atoms with Crippen molar-refractivity contribution in [2.75, 3.05) is 44.8 Å². The lowest BCUT2D eigenvalue weighted by atomic mass is 10.1. The predicted octanol–water partition coefficient (Wildman–Crippen LogP) is 2.24. The first-order valence-electron chi connectivity index (χ1n) is 9.09. The molecule has 0 radical (unpaired) electrons. The molecular weight excluding hydrogens is 384 g/mol. The van der Waals surface area contributed by atoms with Crippen LogP contribution >= 0.6 is 11.3 Å². The molecule has 0 spiro atoms. The Labute approximate surface area is 168 Å². The standard InChI is InChI=1S/C19H26N2O6S/c1-5-8-27-19(24)16-13(4)15(18(23)25-6-2)17(28-16)20-14(22)11-21-7-9-26-12(3)10-21/h5,12H,1,6-11H2,2-4H3,(H,20,22). The van der Waals surface area contributed by atoms with E-state index in [2.05, 4.69) is 11.9 Å². The Kier molecular flexibility index (Phi) is 8.16. The molecule has 0 bridgehead atoms. The molecule has 1 unspecified atom stereocenters. The Bertz CT molecular complexity index is 745. The van der Waals surface area contributed by atoms with Gasteiger partial charge in [0, 0.05) is 13.1 Å². The molecule has 1 aliphatic heterocycles. The van der Waals surface area contributed by atoms with E-state index in [-0.39, 0.29) is 47.2 Å². The number of thiophene rings is 1. The topological polar surface area (TPSA) is 94.2 Å². The largest absolute Gasteiger partial charge is 0.462 e. The summed E-state index contributed by atoms with van der Waals surface area (Å²) >= 11 is 1.00. The molecule has 154 valence electrons. The van der Waals surface area contributed by atoms with E-state index in [0.717, 1.165) is 11.3 Å². The van der Waals surface area contributed by atoms with Crippen LogP contribution in [0.1, 0.15) is 39.4 Å². The van der Waals surface area contributed by atoms with E-state index in [1.807, 2.05) is 11.8 Å². The van der Waals surface area contributed by atoms with Gasteiger partial charge in [-0.2, -0.15) is 0 Å². The van der Waals surface area contributed by atoms with Gasteiger partial charge in [-0.15, -0.1) is 11.3 Å². The fourth-order valence-corrected chi connectivity index (χ4v) is 3.95. The zero-order valence-corrected chi connectivity index (χ0v) is 17.2. The van der Waals surface area contributed by atoms with Crippen molar-refractivity contribution >= 4 is 34.2 Å². The molecule has 2 heterocycles. The lowest BCUT2D eigenvalue weighted by molar-refractivity contribution is -0.119. The zero-order valence-electron chi connectivity index (χ0n) is 16.4. The van der Waals surface area contributed by atoms with Crippen LogP contribution in [-0.2, 0) is 19.0 Å². The van der Waals surface area contributed by atoms with Crippen LogP contribution in [-0.4, -0.2) is 68.3 Å². The van der Waals surface area contributed by atoms with Crippen molar-refractivity contribution in [1.29, 1.82) is 0 Å². The highest BCUT2D eigenvalue weighted by atomic mass is 32.1. The van der Waals surface area contributed by atoms with Gasteiger partial charge < -0.3 is 19.5 Å². The molecule has 1 N–H and O–H groups in total. The molecule has 0 saturated carbocycles. The summed E-state index contributed by atoms with van der Waals surface area (Å²) in [5.74, 6) is -1.43. The Morgan fingerprint density at radius 1 is 1.36 bits per heavy atom. The molecule has 1 amide bonds. The maximum Gasteiger partial charge on any atom is 0.348 e. The number of hydrogen-bond donors (Lipinski definition) is 1. The molecule has 1 saturated heterocycles. The minimum absolute atomic E-state index is 0.0574. The number of hydrogen-bond acceptors (Lipinski definition) is 8. The minimum atomic E-state index is -0.589. The van der Waals surface area contributed by atoms with E-state index in [1.54, 1.807) is 13.8 Å². The number of rotatable bonds is 8. The summed E-state index contributed by atoms with van der Waals surface area (Å²) < 4.78 is 15.6. The van der Waals surface area contributed by atoms with Crippen molar-refractivity contribution in [1.82, 2.24) is 4.90 Å². The predicted molar refractivity (Wildman–Crippen MR) is 106 cm³/mol. The molecule has 2 rings (SSSR count). The van der Waals surface area contributed by atoms with Gasteiger partial charge in [0.25, 0.3) is 0 Å². The lowest BCUT2D eigenvalue weighted by Gasteiger charge is -2.30. The van der Waals surface area contributed by atoms with Gasteiger partial charge in [-0.1, -0.05) is 12.7 Å². The molecule has 8 nitrogen and oxygen atoms in total. The second-order valence-electron chi connectivity index (χ2n) is 6.33. The Morgan fingerprint density at radius 3 is 2.75 bits per heavy atom. The molecule has 1 aromatic rings. The van der Waals surface area contributed by atoms with E-state index in [4.69, 9.17) is 14.2 Å². The quantitative estimate of drug-likeness (QED) is 0.519. The lowest BCUT2D eigenvalue weighted by Crippen LogP contribution is -2.44. The van der Waals surface area contributed by atoms with Gasteiger partial charge in [-0.25, -0.2) is 9.59 Å². The van der Waals surface area contributed by atoms with Crippen molar-refractivity contribution in [2.45, 2.75) is 26.9 Å². The highest BCUT2D eigenvalue weighted by molar-refractivity contribution is 7.18. The normalized spacial score (nSPS) is 17.0. The fourth-order valence-electron chi connectivity index (χ4n) is 2.85. The SMILES string of the molecule is C=CCOC(=O)c1sc(NC(=O)CN2CCOC(C)C2)c(C(=O)OCC)c1C. The average Bonchev–Trinajstić information content (AvgIpc) is 2.95. The smallest absolute Gasteiger partial charge is 0.348 e. The minimum Gasteiger partial charge on any atom is -0.462 e. The molecule has 28 heavy (non-hydrogen) atoms. The molecular formula is C19H26N2O6S. The maximum absolute atomic E-state index is 12.5. The van der Waals surface area contributed by atoms with Crippen molar-refractivity contribution in [2.24, 2.45) is 0 Å². The maximum atomic E-state index is 12.5. The first kappa shape index (κ1) is 22.1. The van der Waals surface area contributed by atoms with Gasteiger partial charge in [-0.05, 0) is 26.3 Å². The van der Waals surface area contributed by atoms with Crippen molar-refractivity contribution in [3.8, 4) is 0 Å². The van der Waals surface area contributed by atoms with Crippen LogP contribution in [0.5, 0.6) is 0 Å². The third-order valence-corrected chi connectivity index (χ3v) is 5.28. The third-order valence-electron chi connectivity index (χ3n) is 4.09. The number of esters is 2. The second-order valence-corrected chi connectivity index (χ2v) is 7.35. The number of carbonyl (C=O) groups excluding carboxylic acids is 3. The summed E-state index contributed by atoms with van der Waals surface area (Å²) in [6.07, 6.45) is 1.52. The third kappa shape index (κ3) is 5.63. The van der Waals surface area contributed by atoms with E-state index < -0.39 is 11.9 Å². The van der Waals surface area contributed by atoms with Crippen LogP contribution in [0.3, 0.4) is 0 Å². The summed E-state index contributed by atoms with van der Waals surface area (Å²) in [5, 5.41) is 3.04. The van der Waals surface area contributed by atoms with Crippen LogP contribution < -0.4 is 5.32 Å². The van der Waals surface area contributed by atoms with Crippen molar-refractivity contribution in [3.63, 3.8) is 0 Å². The number of carbonyl (C=O) groups is 3. The summed E-state index contributed by atoms with van der Waals surface area (Å²) in [7, 11) is 0. The highest BCUT2D eigenvalue weighted by Gasteiger charge is 2.28. The molecule has 1 aromatic heterocycles. The van der Waals surface area contributed by atoms with Gasteiger partial charge in [0.1, 0.15) is 16.5 Å². The van der Waals surface area contributed by atoms with E-state index in [1.165, 1.54) is 6.08 Å². The summed E-state index contributed by atoms with van der Waals surface area (Å²) in [6, 6.07) is 0. The molecule has 1 fully saturated rings. The molecule has 9 heteroatoms. The van der Waals surface area contributed by atoms with Gasteiger partial charge in [0.15, 0.2) is 0 Å². The number of nitrogens with zero attached hydrogens (tertiary/aromatic N) is 1. The first-order valence-corrected chi connectivity index (χ1v) is 9.91. The molecule has 0 aromatic carbocycles. The number of nitrogens with one attached hydrogen (secondary N) is 1. The van der Waals surface area contributed by atoms with Crippen LogP contribution in [0.2, 0.25) is 0 Å². The summed E-state index contributed by atoms with van der Waals surface area (Å²) in [5.41, 5.74) is 0.605.